The molecule has 0 bridgehead atoms. The summed E-state index contributed by atoms with van der Waals surface area (Å²) in [5.41, 5.74) is 6.59. The average molecular weight is 270 g/mol. The topological polar surface area (TPSA) is 89.2 Å². The molecule has 5 nitrogen and oxygen atoms in total. The fraction of sp³-hybridized carbons (Fsp3) is 0.333. The second-order valence-corrected chi connectivity index (χ2v) is 5.21. The second-order valence-electron chi connectivity index (χ2n) is 5.21. The summed E-state index contributed by atoms with van der Waals surface area (Å²) in [6, 6.07) is 5.51. The molecule has 1 aromatic rings. The van der Waals surface area contributed by atoms with Crippen molar-refractivity contribution in [2.24, 2.45) is 11.7 Å². The molecule has 3 rings (SSSR count). The Morgan fingerprint density at radius 2 is 2.25 bits per heavy atom. The number of carbonyl (C=O) groups is 1. The van der Waals surface area contributed by atoms with Crippen LogP contribution in [0.4, 0.5) is 0 Å². The number of allylic oxidation sites excluding steroid dienone is 3. The number of nitrogens with zero attached hydrogens (tertiary/aromatic N) is 1. The highest BCUT2D eigenvalue weighted by atomic mass is 16.5. The molecular formula is C15H14N2O3. The normalized spacial score (nSPS) is 26.1. The zero-order valence-electron chi connectivity index (χ0n) is 11.1. The summed E-state index contributed by atoms with van der Waals surface area (Å²) in [6.07, 6.45) is 2.63. The van der Waals surface area contributed by atoms with Gasteiger partial charge in [0.2, 0.25) is 5.88 Å². The lowest BCUT2D eigenvalue weighted by molar-refractivity contribution is -0.117. The van der Waals surface area contributed by atoms with Crippen LogP contribution < -0.4 is 5.73 Å². The molecule has 1 aliphatic heterocycles. The number of ketones is 1. The second kappa shape index (κ2) is 4.57. The van der Waals surface area contributed by atoms with E-state index in [1.165, 1.54) is 6.26 Å². The first kappa shape index (κ1) is 12.5. The third-order valence-electron chi connectivity index (χ3n) is 3.69. The van der Waals surface area contributed by atoms with E-state index in [9.17, 15) is 10.1 Å². The monoisotopic (exact) mass is 270 g/mol. The largest absolute Gasteiger partial charge is 0.468 e. The predicted octanol–water partition coefficient (Wildman–Crippen LogP) is 2.34. The number of hydrogen-bond donors (Lipinski definition) is 1. The SMILES string of the molecule is C[C@H]1CC(=O)C2=C(C1)OC(N)=C(C#N)[C@H]2c1ccco1. The maximum absolute atomic E-state index is 12.4. The first-order valence-electron chi connectivity index (χ1n) is 6.49. The molecule has 0 radical (unpaired) electrons. The molecule has 0 amide bonds. The minimum Gasteiger partial charge on any atom is -0.468 e. The Morgan fingerprint density at radius 3 is 2.90 bits per heavy atom. The van der Waals surface area contributed by atoms with Crippen LogP contribution in [-0.2, 0) is 9.53 Å². The Labute approximate surface area is 116 Å². The molecular weight excluding hydrogens is 256 g/mol. The first-order valence-corrected chi connectivity index (χ1v) is 6.49. The van der Waals surface area contributed by atoms with Gasteiger partial charge in [-0.3, -0.25) is 4.79 Å². The molecule has 2 aliphatic rings. The molecule has 2 N–H and O–H groups in total. The maximum atomic E-state index is 12.4. The maximum Gasteiger partial charge on any atom is 0.205 e. The molecule has 2 heterocycles. The fourth-order valence-electron chi connectivity index (χ4n) is 2.83. The number of nitrogens with two attached hydrogens (primary N) is 1. The van der Waals surface area contributed by atoms with Gasteiger partial charge in [0.25, 0.3) is 0 Å². The Bertz CT molecular complexity index is 662. The van der Waals surface area contributed by atoms with Gasteiger partial charge in [-0.15, -0.1) is 0 Å². The van der Waals surface area contributed by atoms with Gasteiger partial charge in [0.1, 0.15) is 23.2 Å². The molecule has 1 aromatic heterocycles. The van der Waals surface area contributed by atoms with Crippen molar-refractivity contribution in [2.75, 3.05) is 0 Å². The van der Waals surface area contributed by atoms with Gasteiger partial charge in [0.15, 0.2) is 5.78 Å². The van der Waals surface area contributed by atoms with Crippen molar-refractivity contribution in [3.63, 3.8) is 0 Å². The summed E-state index contributed by atoms with van der Waals surface area (Å²) in [4.78, 5) is 12.4. The van der Waals surface area contributed by atoms with Crippen molar-refractivity contribution in [1.82, 2.24) is 0 Å². The van der Waals surface area contributed by atoms with E-state index in [-0.39, 0.29) is 23.2 Å². The number of ether oxygens (including phenoxy) is 1. The zero-order valence-corrected chi connectivity index (χ0v) is 11.1. The van der Waals surface area contributed by atoms with Crippen LogP contribution in [0.1, 0.15) is 31.4 Å². The van der Waals surface area contributed by atoms with Crippen LogP contribution in [0.25, 0.3) is 0 Å². The number of nitriles is 1. The summed E-state index contributed by atoms with van der Waals surface area (Å²) >= 11 is 0. The highest BCUT2D eigenvalue weighted by molar-refractivity contribution is 5.99. The van der Waals surface area contributed by atoms with Crippen LogP contribution in [0.3, 0.4) is 0 Å². The van der Waals surface area contributed by atoms with E-state index >= 15 is 0 Å². The smallest absolute Gasteiger partial charge is 0.205 e. The van der Waals surface area contributed by atoms with Gasteiger partial charge < -0.3 is 14.9 Å². The van der Waals surface area contributed by atoms with Gasteiger partial charge in [-0.1, -0.05) is 6.92 Å². The molecule has 0 unspecified atom stereocenters. The third-order valence-corrected chi connectivity index (χ3v) is 3.69. The summed E-state index contributed by atoms with van der Waals surface area (Å²) in [5, 5.41) is 9.32. The lowest BCUT2D eigenvalue weighted by Crippen LogP contribution is -2.29. The average Bonchev–Trinajstić information content (AvgIpc) is 2.90. The molecule has 0 saturated carbocycles. The Kier molecular flexibility index (Phi) is 2.87. The zero-order chi connectivity index (χ0) is 14.3. The van der Waals surface area contributed by atoms with E-state index in [4.69, 9.17) is 14.9 Å². The number of hydrogen-bond acceptors (Lipinski definition) is 5. The minimum absolute atomic E-state index is 0.000370. The Balaban J connectivity index is 2.16. The molecule has 1 aliphatic carbocycles. The van der Waals surface area contributed by atoms with Crippen molar-refractivity contribution in [3.05, 3.63) is 46.9 Å². The quantitative estimate of drug-likeness (QED) is 0.846. The molecule has 0 spiro atoms. The summed E-state index contributed by atoms with van der Waals surface area (Å²) in [7, 11) is 0. The standard InChI is InChI=1S/C15H14N2O3/c1-8-5-10(18)14-12(6-8)20-15(17)9(7-16)13(14)11-3-2-4-19-11/h2-4,8,13H,5-6,17H2,1H3/t8-,13-/m0/s1. The highest BCUT2D eigenvalue weighted by Gasteiger charge is 2.40. The summed E-state index contributed by atoms with van der Waals surface area (Å²) in [6.45, 7) is 1.99. The number of carbonyl (C=O) groups excluding carboxylic acids is 1. The first-order chi connectivity index (χ1) is 9.61. The van der Waals surface area contributed by atoms with E-state index in [0.29, 0.717) is 29.9 Å². The molecule has 0 fully saturated rings. The Hall–Kier alpha value is -2.48. The van der Waals surface area contributed by atoms with Gasteiger partial charge in [-0.2, -0.15) is 5.26 Å². The van der Waals surface area contributed by atoms with E-state index in [0.717, 1.165) is 0 Å². The van der Waals surface area contributed by atoms with Gasteiger partial charge in [0.05, 0.1) is 12.2 Å². The van der Waals surface area contributed by atoms with Gasteiger partial charge in [-0.05, 0) is 18.1 Å². The van der Waals surface area contributed by atoms with Crippen molar-refractivity contribution in [2.45, 2.75) is 25.7 Å². The lowest BCUT2D eigenvalue weighted by atomic mass is 9.77. The summed E-state index contributed by atoms with van der Waals surface area (Å²) in [5.74, 6) is 0.860. The van der Waals surface area contributed by atoms with Crippen molar-refractivity contribution in [1.29, 1.82) is 5.26 Å². The Morgan fingerprint density at radius 1 is 1.45 bits per heavy atom. The van der Waals surface area contributed by atoms with Crippen LogP contribution in [-0.4, -0.2) is 5.78 Å². The fourth-order valence-corrected chi connectivity index (χ4v) is 2.83. The van der Waals surface area contributed by atoms with Gasteiger partial charge in [0, 0.05) is 18.4 Å². The number of rotatable bonds is 1. The minimum atomic E-state index is -0.543. The molecule has 0 aromatic carbocycles. The lowest BCUT2D eigenvalue weighted by Gasteiger charge is -2.31. The molecule has 5 heteroatoms. The van der Waals surface area contributed by atoms with E-state index in [1.54, 1.807) is 12.1 Å². The van der Waals surface area contributed by atoms with Gasteiger partial charge in [-0.25, -0.2) is 0 Å². The van der Waals surface area contributed by atoms with E-state index in [1.807, 2.05) is 13.0 Å². The van der Waals surface area contributed by atoms with Crippen molar-refractivity contribution >= 4 is 5.78 Å². The van der Waals surface area contributed by atoms with Crippen LogP contribution in [0.15, 0.2) is 45.6 Å². The van der Waals surface area contributed by atoms with Crippen molar-refractivity contribution in [3.8, 4) is 6.07 Å². The predicted molar refractivity (Wildman–Crippen MR) is 69.8 cm³/mol. The highest BCUT2D eigenvalue weighted by Crippen LogP contribution is 2.44. The summed E-state index contributed by atoms with van der Waals surface area (Å²) < 4.78 is 10.9. The van der Waals surface area contributed by atoms with Crippen LogP contribution >= 0.6 is 0 Å². The molecule has 20 heavy (non-hydrogen) atoms. The van der Waals surface area contributed by atoms with E-state index in [2.05, 4.69) is 0 Å². The van der Waals surface area contributed by atoms with Crippen molar-refractivity contribution < 1.29 is 13.9 Å². The van der Waals surface area contributed by atoms with Crippen LogP contribution in [0.2, 0.25) is 0 Å². The third kappa shape index (κ3) is 1.81. The number of Topliss-reactive ketones (excluding diaryl/α,β-unsaturated/α-hetero) is 1. The molecule has 0 saturated heterocycles. The van der Waals surface area contributed by atoms with E-state index < -0.39 is 5.92 Å². The van der Waals surface area contributed by atoms with Crippen LogP contribution in [0, 0.1) is 17.2 Å². The molecule has 102 valence electrons. The van der Waals surface area contributed by atoms with Gasteiger partial charge >= 0.3 is 0 Å². The van der Waals surface area contributed by atoms with Crippen LogP contribution in [0.5, 0.6) is 0 Å². The molecule has 2 atom stereocenters. The number of furan rings is 1.